The van der Waals surface area contributed by atoms with Crippen LogP contribution in [0.15, 0.2) is 29.4 Å². The highest BCUT2D eigenvalue weighted by atomic mass is 16.5. The van der Waals surface area contributed by atoms with Crippen LogP contribution in [0.1, 0.15) is 12.5 Å². The third kappa shape index (κ3) is 4.97. The molecule has 1 amide bonds. The zero-order valence-corrected chi connectivity index (χ0v) is 10.1. The van der Waals surface area contributed by atoms with Crippen LogP contribution >= 0.6 is 0 Å². The molecule has 8 nitrogen and oxygen atoms in total. The van der Waals surface area contributed by atoms with Gasteiger partial charge in [-0.2, -0.15) is 0 Å². The molecule has 0 bridgehead atoms. The molecular formula is C11H12N4O4. The van der Waals surface area contributed by atoms with Crippen molar-refractivity contribution in [1.29, 1.82) is 0 Å². The first-order valence-corrected chi connectivity index (χ1v) is 5.33. The Hall–Kier alpha value is -2.73. The van der Waals surface area contributed by atoms with Crippen LogP contribution in [0.2, 0.25) is 0 Å². The summed E-state index contributed by atoms with van der Waals surface area (Å²) in [5.41, 5.74) is 9.37. The number of amides is 1. The summed E-state index contributed by atoms with van der Waals surface area (Å²) in [6, 6.07) is 5.42. The van der Waals surface area contributed by atoms with Gasteiger partial charge in [0.15, 0.2) is 0 Å². The van der Waals surface area contributed by atoms with Crippen molar-refractivity contribution in [3.8, 4) is 0 Å². The second-order valence-corrected chi connectivity index (χ2v) is 3.64. The monoisotopic (exact) mass is 264 g/mol. The predicted octanol–water partition coefficient (Wildman–Crippen LogP) is 2.33. The van der Waals surface area contributed by atoms with Crippen molar-refractivity contribution in [2.24, 2.45) is 5.11 Å². The van der Waals surface area contributed by atoms with Gasteiger partial charge in [-0.1, -0.05) is 29.4 Å². The van der Waals surface area contributed by atoms with Crippen molar-refractivity contribution in [1.82, 2.24) is 5.32 Å². The molecule has 0 aliphatic rings. The quantitative estimate of drug-likeness (QED) is 0.481. The maximum absolute atomic E-state index is 11.2. The Balaban J connectivity index is 2.46. The Morgan fingerprint density at radius 1 is 1.47 bits per heavy atom. The summed E-state index contributed by atoms with van der Waals surface area (Å²) in [7, 11) is 0. The first-order chi connectivity index (χ1) is 9.02. The fourth-order valence-corrected chi connectivity index (χ4v) is 1.14. The minimum absolute atomic E-state index is 0.00524. The Kier molecular flexibility index (Phi) is 5.18. The zero-order chi connectivity index (χ0) is 14.3. The predicted molar refractivity (Wildman–Crippen MR) is 65.7 cm³/mol. The van der Waals surface area contributed by atoms with Crippen LogP contribution in [0.4, 0.5) is 10.5 Å². The van der Waals surface area contributed by atoms with Crippen LogP contribution in [0.5, 0.6) is 0 Å². The van der Waals surface area contributed by atoms with E-state index in [1.54, 1.807) is 24.3 Å². The van der Waals surface area contributed by atoms with Crippen molar-refractivity contribution in [3.05, 3.63) is 40.3 Å². The standard InChI is InChI=1S/C11H12N4O4/c1-7(10(16)17)13-11(18)19-6-8-2-4-9(5-3-8)14-15-12/h2-5,7H,6H2,1H3,(H,13,18)(H,16,17)/t7-/m0/s1. The second kappa shape index (κ2) is 6.87. The minimum atomic E-state index is -1.14. The minimum Gasteiger partial charge on any atom is -0.480 e. The van der Waals surface area contributed by atoms with E-state index < -0.39 is 18.1 Å². The van der Waals surface area contributed by atoms with E-state index in [9.17, 15) is 9.59 Å². The average Bonchev–Trinajstić information content (AvgIpc) is 2.38. The lowest BCUT2D eigenvalue weighted by molar-refractivity contribution is -0.138. The summed E-state index contributed by atoms with van der Waals surface area (Å²) in [5.74, 6) is -1.14. The van der Waals surface area contributed by atoms with Crippen molar-refractivity contribution >= 4 is 17.7 Å². The van der Waals surface area contributed by atoms with E-state index in [0.717, 1.165) is 0 Å². The van der Waals surface area contributed by atoms with E-state index in [-0.39, 0.29) is 6.61 Å². The normalized spacial score (nSPS) is 11.0. The first-order valence-electron chi connectivity index (χ1n) is 5.33. The van der Waals surface area contributed by atoms with Gasteiger partial charge in [-0.05, 0) is 18.0 Å². The third-order valence-electron chi connectivity index (χ3n) is 2.17. The maximum Gasteiger partial charge on any atom is 0.408 e. The highest BCUT2D eigenvalue weighted by Gasteiger charge is 2.14. The molecule has 0 aliphatic carbocycles. The van der Waals surface area contributed by atoms with Gasteiger partial charge in [0.25, 0.3) is 0 Å². The lowest BCUT2D eigenvalue weighted by Gasteiger charge is -2.10. The number of benzene rings is 1. The third-order valence-corrected chi connectivity index (χ3v) is 2.17. The van der Waals surface area contributed by atoms with E-state index in [0.29, 0.717) is 11.3 Å². The number of hydrogen-bond donors (Lipinski definition) is 2. The molecule has 0 aliphatic heterocycles. The van der Waals surface area contributed by atoms with Crippen LogP contribution in [0.3, 0.4) is 0 Å². The molecule has 2 N–H and O–H groups in total. The fraction of sp³-hybridized carbons (Fsp3) is 0.273. The zero-order valence-electron chi connectivity index (χ0n) is 10.1. The highest BCUT2D eigenvalue weighted by Crippen LogP contribution is 2.13. The van der Waals surface area contributed by atoms with Gasteiger partial charge in [-0.25, -0.2) is 4.79 Å². The van der Waals surface area contributed by atoms with Crippen molar-refractivity contribution in [2.45, 2.75) is 19.6 Å². The fourth-order valence-electron chi connectivity index (χ4n) is 1.14. The molecule has 1 rings (SSSR count). The topological polar surface area (TPSA) is 124 Å². The number of rotatable bonds is 5. The number of carbonyl (C=O) groups is 2. The van der Waals surface area contributed by atoms with Gasteiger partial charge < -0.3 is 15.2 Å². The number of azide groups is 1. The van der Waals surface area contributed by atoms with Crippen LogP contribution in [-0.4, -0.2) is 23.2 Å². The molecule has 0 aromatic heterocycles. The molecule has 0 heterocycles. The summed E-state index contributed by atoms with van der Waals surface area (Å²) >= 11 is 0. The number of ether oxygens (including phenoxy) is 1. The molecule has 0 saturated carbocycles. The molecule has 0 spiro atoms. The second-order valence-electron chi connectivity index (χ2n) is 3.64. The summed E-state index contributed by atoms with van der Waals surface area (Å²) in [6.45, 7) is 1.33. The van der Waals surface area contributed by atoms with Gasteiger partial charge in [0, 0.05) is 10.6 Å². The van der Waals surface area contributed by atoms with Crippen LogP contribution in [-0.2, 0) is 16.1 Å². The number of aliphatic carboxylic acids is 1. The van der Waals surface area contributed by atoms with Crippen molar-refractivity contribution in [2.75, 3.05) is 0 Å². The number of nitrogens with one attached hydrogen (secondary N) is 1. The molecule has 0 saturated heterocycles. The number of hydrogen-bond acceptors (Lipinski definition) is 4. The number of alkyl carbamates (subject to hydrolysis) is 1. The Bertz CT molecular complexity index is 508. The molecule has 0 unspecified atom stereocenters. The van der Waals surface area contributed by atoms with E-state index in [2.05, 4.69) is 15.3 Å². The molecule has 8 heteroatoms. The lowest BCUT2D eigenvalue weighted by atomic mass is 10.2. The van der Waals surface area contributed by atoms with Crippen LogP contribution in [0.25, 0.3) is 10.4 Å². The van der Waals surface area contributed by atoms with Gasteiger partial charge in [0.05, 0.1) is 0 Å². The first kappa shape index (κ1) is 14.3. The molecule has 1 atom stereocenters. The van der Waals surface area contributed by atoms with Crippen LogP contribution in [0, 0.1) is 0 Å². The van der Waals surface area contributed by atoms with Gasteiger partial charge in [-0.3, -0.25) is 4.79 Å². The number of carboxylic acid groups (broad SMARTS) is 1. The smallest absolute Gasteiger partial charge is 0.408 e. The molecular weight excluding hydrogens is 252 g/mol. The molecule has 1 aromatic carbocycles. The number of carbonyl (C=O) groups excluding carboxylic acids is 1. The lowest BCUT2D eigenvalue weighted by Crippen LogP contribution is -2.38. The molecule has 100 valence electrons. The summed E-state index contributed by atoms with van der Waals surface area (Å²) in [6.07, 6.45) is -0.811. The van der Waals surface area contributed by atoms with Crippen molar-refractivity contribution < 1.29 is 19.4 Å². The van der Waals surface area contributed by atoms with E-state index in [4.69, 9.17) is 15.4 Å². The Morgan fingerprint density at radius 3 is 2.63 bits per heavy atom. The molecule has 0 radical (unpaired) electrons. The molecule has 19 heavy (non-hydrogen) atoms. The molecule has 0 fully saturated rings. The van der Waals surface area contributed by atoms with Gasteiger partial charge >= 0.3 is 12.1 Å². The summed E-state index contributed by atoms with van der Waals surface area (Å²) < 4.78 is 4.83. The number of nitrogens with zero attached hydrogens (tertiary/aromatic N) is 3. The molecule has 1 aromatic rings. The highest BCUT2D eigenvalue weighted by molar-refractivity contribution is 5.79. The van der Waals surface area contributed by atoms with Crippen LogP contribution < -0.4 is 5.32 Å². The SMILES string of the molecule is C[C@H](NC(=O)OCc1ccc(N=[N+]=[N-])cc1)C(=O)O. The van der Waals surface area contributed by atoms with E-state index >= 15 is 0 Å². The van der Waals surface area contributed by atoms with E-state index in [1.807, 2.05) is 0 Å². The summed E-state index contributed by atoms with van der Waals surface area (Å²) in [4.78, 5) is 24.4. The largest absolute Gasteiger partial charge is 0.480 e. The van der Waals surface area contributed by atoms with Gasteiger partial charge in [0.1, 0.15) is 12.6 Å². The maximum atomic E-state index is 11.2. The van der Waals surface area contributed by atoms with E-state index in [1.165, 1.54) is 6.92 Å². The summed E-state index contributed by atoms with van der Waals surface area (Å²) in [5, 5.41) is 14.1. The average molecular weight is 264 g/mol. The van der Waals surface area contributed by atoms with Gasteiger partial charge in [-0.15, -0.1) is 0 Å². The Morgan fingerprint density at radius 2 is 2.11 bits per heavy atom. The van der Waals surface area contributed by atoms with Crippen molar-refractivity contribution in [3.63, 3.8) is 0 Å². The number of carboxylic acids is 1. The van der Waals surface area contributed by atoms with Gasteiger partial charge in [0.2, 0.25) is 0 Å². The Labute approximate surface area is 108 Å².